The Morgan fingerprint density at radius 3 is 2.73 bits per heavy atom. The van der Waals surface area contributed by atoms with Crippen LogP contribution in [0.15, 0.2) is 36.4 Å². The van der Waals surface area contributed by atoms with Gasteiger partial charge in [-0.05, 0) is 17.7 Å². The van der Waals surface area contributed by atoms with E-state index in [-0.39, 0.29) is 11.1 Å². The van der Waals surface area contributed by atoms with E-state index in [1.807, 2.05) is 0 Å². The summed E-state index contributed by atoms with van der Waals surface area (Å²) in [5, 5.41) is 38.7. The number of imidazole rings is 1. The Morgan fingerprint density at radius 1 is 1.45 bits per heavy atom. The molecule has 0 aliphatic carbocycles. The maximum Gasteiger partial charge on any atom is 0.315 e. The zero-order valence-electron chi connectivity index (χ0n) is 10.9. The molecule has 2 aromatic rings. The highest BCUT2D eigenvalue weighted by molar-refractivity contribution is 6.03. The molecule has 9 heteroatoms. The SMILES string of the molecule is N#C/C(=C\c1cc(O)c(O)c([N+](=O)[O-])c1)C(=O)n1ccnc1. The van der Waals surface area contributed by atoms with Crippen LogP contribution in [0.25, 0.3) is 6.08 Å². The minimum absolute atomic E-state index is 0.0204. The van der Waals surface area contributed by atoms with E-state index in [1.165, 1.54) is 18.7 Å². The summed E-state index contributed by atoms with van der Waals surface area (Å²) in [6.07, 6.45) is 4.95. The van der Waals surface area contributed by atoms with Crippen LogP contribution in [-0.2, 0) is 0 Å². The minimum Gasteiger partial charge on any atom is -0.504 e. The lowest BCUT2D eigenvalue weighted by Crippen LogP contribution is -2.10. The number of benzene rings is 1. The normalized spacial score (nSPS) is 11.0. The van der Waals surface area contributed by atoms with Gasteiger partial charge in [-0.25, -0.2) is 4.98 Å². The molecule has 1 heterocycles. The van der Waals surface area contributed by atoms with Crippen LogP contribution in [0.4, 0.5) is 5.69 Å². The number of hydrogen-bond acceptors (Lipinski definition) is 7. The number of nitriles is 1. The molecule has 0 aliphatic heterocycles. The van der Waals surface area contributed by atoms with E-state index in [9.17, 15) is 25.1 Å². The van der Waals surface area contributed by atoms with Crippen molar-refractivity contribution in [3.63, 3.8) is 0 Å². The average molecular weight is 300 g/mol. The van der Waals surface area contributed by atoms with Gasteiger partial charge in [0.25, 0.3) is 5.91 Å². The summed E-state index contributed by atoms with van der Waals surface area (Å²) in [7, 11) is 0. The van der Waals surface area contributed by atoms with Gasteiger partial charge in [0.2, 0.25) is 5.75 Å². The molecule has 22 heavy (non-hydrogen) atoms. The molecule has 0 saturated carbocycles. The van der Waals surface area contributed by atoms with Gasteiger partial charge in [0, 0.05) is 18.5 Å². The first kappa shape index (κ1) is 14.7. The number of nitro benzene ring substituents is 1. The van der Waals surface area contributed by atoms with Crippen molar-refractivity contribution in [3.05, 3.63) is 52.1 Å². The van der Waals surface area contributed by atoms with Gasteiger partial charge in [0.15, 0.2) is 5.75 Å². The van der Waals surface area contributed by atoms with Crippen molar-refractivity contribution in [3.8, 4) is 17.6 Å². The molecule has 0 aliphatic rings. The first-order valence-electron chi connectivity index (χ1n) is 5.79. The zero-order valence-corrected chi connectivity index (χ0v) is 10.9. The van der Waals surface area contributed by atoms with Crippen LogP contribution in [0.5, 0.6) is 11.5 Å². The van der Waals surface area contributed by atoms with E-state index >= 15 is 0 Å². The molecule has 0 fully saturated rings. The van der Waals surface area contributed by atoms with E-state index < -0.39 is 28.0 Å². The molecule has 1 aromatic carbocycles. The van der Waals surface area contributed by atoms with Crippen LogP contribution in [0.1, 0.15) is 10.4 Å². The number of hydrogen-bond donors (Lipinski definition) is 2. The van der Waals surface area contributed by atoms with E-state index in [4.69, 9.17) is 5.26 Å². The van der Waals surface area contributed by atoms with Crippen molar-refractivity contribution < 1.29 is 19.9 Å². The van der Waals surface area contributed by atoms with Crippen LogP contribution in [0.3, 0.4) is 0 Å². The van der Waals surface area contributed by atoms with Gasteiger partial charge >= 0.3 is 5.69 Å². The first-order valence-corrected chi connectivity index (χ1v) is 5.79. The molecule has 0 unspecified atom stereocenters. The summed E-state index contributed by atoms with van der Waals surface area (Å²) >= 11 is 0. The second-order valence-corrected chi connectivity index (χ2v) is 4.11. The number of carbonyl (C=O) groups is 1. The quantitative estimate of drug-likeness (QED) is 0.287. The monoisotopic (exact) mass is 300 g/mol. The van der Waals surface area contributed by atoms with Crippen LogP contribution in [0, 0.1) is 21.4 Å². The fourth-order valence-electron chi connectivity index (χ4n) is 1.67. The van der Waals surface area contributed by atoms with Gasteiger partial charge in [-0.1, -0.05) is 0 Å². The second-order valence-electron chi connectivity index (χ2n) is 4.11. The third-order valence-corrected chi connectivity index (χ3v) is 2.69. The third kappa shape index (κ3) is 2.75. The van der Waals surface area contributed by atoms with Gasteiger partial charge in [-0.3, -0.25) is 19.5 Å². The number of aromatic nitrogens is 2. The van der Waals surface area contributed by atoms with Crippen molar-refractivity contribution in [1.29, 1.82) is 5.26 Å². The Labute approximate surface area is 123 Å². The maximum absolute atomic E-state index is 12.0. The van der Waals surface area contributed by atoms with Gasteiger partial charge < -0.3 is 10.2 Å². The summed E-state index contributed by atoms with van der Waals surface area (Å²) in [6.45, 7) is 0. The predicted octanol–water partition coefficient (Wildman–Crippen LogP) is 1.45. The summed E-state index contributed by atoms with van der Waals surface area (Å²) in [5.74, 6) is -2.30. The topological polar surface area (TPSA) is 142 Å². The van der Waals surface area contributed by atoms with Crippen molar-refractivity contribution in [2.75, 3.05) is 0 Å². The van der Waals surface area contributed by atoms with Crippen molar-refractivity contribution in [2.45, 2.75) is 0 Å². The van der Waals surface area contributed by atoms with Gasteiger partial charge in [0.05, 0.1) is 4.92 Å². The molecule has 1 aromatic heterocycles. The highest BCUT2D eigenvalue weighted by Gasteiger charge is 2.19. The highest BCUT2D eigenvalue weighted by Crippen LogP contribution is 2.36. The smallest absolute Gasteiger partial charge is 0.315 e. The number of nitrogens with zero attached hydrogens (tertiary/aromatic N) is 4. The van der Waals surface area contributed by atoms with Gasteiger partial charge in [-0.15, -0.1) is 0 Å². The van der Waals surface area contributed by atoms with Crippen LogP contribution in [-0.4, -0.2) is 30.6 Å². The van der Waals surface area contributed by atoms with E-state index in [1.54, 1.807) is 6.07 Å². The molecule has 0 amide bonds. The predicted molar refractivity (Wildman–Crippen MR) is 72.9 cm³/mol. The molecular weight excluding hydrogens is 292 g/mol. The Bertz CT molecular complexity index is 818. The number of carbonyl (C=O) groups excluding carboxylic acids is 1. The maximum atomic E-state index is 12.0. The Morgan fingerprint density at radius 2 is 2.18 bits per heavy atom. The van der Waals surface area contributed by atoms with E-state index in [2.05, 4.69) is 4.98 Å². The third-order valence-electron chi connectivity index (χ3n) is 2.69. The number of phenols is 2. The molecule has 0 radical (unpaired) electrons. The Kier molecular flexibility index (Phi) is 3.86. The lowest BCUT2D eigenvalue weighted by atomic mass is 10.1. The zero-order chi connectivity index (χ0) is 16.3. The largest absolute Gasteiger partial charge is 0.504 e. The molecule has 0 atom stereocenters. The molecule has 2 rings (SSSR count). The average Bonchev–Trinajstić information content (AvgIpc) is 3.01. The van der Waals surface area contributed by atoms with Crippen molar-refractivity contribution >= 4 is 17.7 Å². The minimum atomic E-state index is -0.893. The Hall–Kier alpha value is -3.67. The molecule has 2 N–H and O–H groups in total. The van der Waals surface area contributed by atoms with E-state index in [0.717, 1.165) is 22.8 Å². The van der Waals surface area contributed by atoms with E-state index in [0.29, 0.717) is 0 Å². The number of phenolic OH excluding ortho intramolecular Hbond substituents is 2. The molecule has 0 spiro atoms. The molecule has 9 nitrogen and oxygen atoms in total. The number of rotatable bonds is 3. The summed E-state index contributed by atoms with van der Waals surface area (Å²) in [4.78, 5) is 25.6. The number of allylic oxidation sites excluding steroid dienone is 1. The summed E-state index contributed by atoms with van der Waals surface area (Å²) in [5.41, 5.74) is -1.04. The summed E-state index contributed by atoms with van der Waals surface area (Å²) < 4.78 is 1.06. The van der Waals surface area contributed by atoms with Crippen molar-refractivity contribution in [2.24, 2.45) is 0 Å². The lowest BCUT2D eigenvalue weighted by Gasteiger charge is -2.03. The van der Waals surface area contributed by atoms with Crippen molar-refractivity contribution in [1.82, 2.24) is 9.55 Å². The van der Waals surface area contributed by atoms with Gasteiger partial charge in [-0.2, -0.15) is 5.26 Å². The standard InChI is InChI=1S/C13H8N4O5/c14-6-9(13(20)16-2-1-15-7-16)3-8-4-10(17(21)22)12(19)11(18)5-8/h1-5,7,18-19H/b9-3+. The molecule has 0 saturated heterocycles. The number of nitro groups is 1. The number of aromatic hydroxyl groups is 2. The highest BCUT2D eigenvalue weighted by atomic mass is 16.6. The molecule has 110 valence electrons. The first-order chi connectivity index (χ1) is 10.4. The summed E-state index contributed by atoms with van der Waals surface area (Å²) in [6, 6.07) is 3.61. The Balaban J connectivity index is 2.49. The fourth-order valence-corrected chi connectivity index (χ4v) is 1.67. The lowest BCUT2D eigenvalue weighted by molar-refractivity contribution is -0.386. The molecular formula is C13H8N4O5. The second kappa shape index (κ2) is 5.76. The fraction of sp³-hybridized carbons (Fsp3) is 0. The van der Waals surface area contributed by atoms with Crippen LogP contribution in [0.2, 0.25) is 0 Å². The molecule has 0 bridgehead atoms. The van der Waals surface area contributed by atoms with Crippen LogP contribution < -0.4 is 0 Å². The van der Waals surface area contributed by atoms with Gasteiger partial charge in [0.1, 0.15) is 18.0 Å². The van der Waals surface area contributed by atoms with Crippen LogP contribution >= 0.6 is 0 Å².